The third-order valence-electron chi connectivity index (χ3n) is 5.01. The van der Waals surface area contributed by atoms with Crippen molar-refractivity contribution in [2.45, 2.75) is 19.4 Å². The predicted molar refractivity (Wildman–Crippen MR) is 102 cm³/mol. The van der Waals surface area contributed by atoms with Crippen molar-refractivity contribution in [1.82, 2.24) is 15.2 Å². The number of fused-ring (bicyclic) bond motifs is 1. The molecule has 0 aliphatic carbocycles. The lowest BCUT2D eigenvalue weighted by molar-refractivity contribution is 0.0930. The van der Waals surface area contributed by atoms with Crippen LogP contribution in [0.4, 0.5) is 0 Å². The summed E-state index contributed by atoms with van der Waals surface area (Å²) >= 11 is 6.41. The summed E-state index contributed by atoms with van der Waals surface area (Å²) in [4.78, 5) is 18.6. The Kier molecular flexibility index (Phi) is 5.45. The van der Waals surface area contributed by atoms with Gasteiger partial charge in [0.25, 0.3) is 5.91 Å². The van der Waals surface area contributed by atoms with Crippen molar-refractivity contribution in [3.63, 3.8) is 0 Å². The highest BCUT2D eigenvalue weighted by Crippen LogP contribution is 2.37. The fourth-order valence-corrected chi connectivity index (χ4v) is 3.83. The van der Waals surface area contributed by atoms with E-state index in [1.807, 2.05) is 12.1 Å². The zero-order chi connectivity index (χ0) is 18.6. The van der Waals surface area contributed by atoms with Crippen molar-refractivity contribution in [3.05, 3.63) is 52.8 Å². The maximum Gasteiger partial charge on any atom is 0.252 e. The molecule has 2 aromatic rings. The smallest absolute Gasteiger partial charge is 0.252 e. The maximum atomic E-state index is 12.2. The van der Waals surface area contributed by atoms with Gasteiger partial charge in [0, 0.05) is 43.1 Å². The Hall–Kier alpha value is -2.31. The molecular formula is C20H22ClN3O3. The monoisotopic (exact) mass is 387 g/mol. The van der Waals surface area contributed by atoms with E-state index in [0.717, 1.165) is 43.8 Å². The van der Waals surface area contributed by atoms with Gasteiger partial charge in [-0.3, -0.25) is 14.7 Å². The molecule has 1 amide bonds. The minimum atomic E-state index is -0.0703. The van der Waals surface area contributed by atoms with Gasteiger partial charge in [-0.2, -0.15) is 0 Å². The second-order valence-electron chi connectivity index (χ2n) is 6.99. The van der Waals surface area contributed by atoms with E-state index in [2.05, 4.69) is 15.2 Å². The fraction of sp³-hybridized carbons (Fsp3) is 0.400. The lowest BCUT2D eigenvalue weighted by Crippen LogP contribution is -2.40. The summed E-state index contributed by atoms with van der Waals surface area (Å²) < 4.78 is 10.8. The highest BCUT2D eigenvalue weighted by Gasteiger charge is 2.23. The first-order chi connectivity index (χ1) is 13.2. The Bertz CT molecular complexity index is 816. The number of nitrogens with one attached hydrogen (secondary N) is 1. The molecule has 142 valence electrons. The van der Waals surface area contributed by atoms with E-state index in [-0.39, 0.29) is 12.7 Å². The third kappa shape index (κ3) is 4.34. The molecule has 27 heavy (non-hydrogen) atoms. The van der Waals surface area contributed by atoms with Crippen LogP contribution < -0.4 is 14.8 Å². The standard InChI is InChI=1S/C20H22ClN3O3/c21-17-8-19-18(26-13-27-19)7-16(17)12-24-6-2-3-14(11-24)9-23-20(25)15-4-1-5-22-10-15/h1,4-5,7-8,10,14H,2-3,6,9,11-13H2,(H,23,25)/t14-/m1/s1. The van der Waals surface area contributed by atoms with Crippen LogP contribution in [0.1, 0.15) is 28.8 Å². The summed E-state index contributed by atoms with van der Waals surface area (Å²) in [6.07, 6.45) is 5.47. The first-order valence-electron chi connectivity index (χ1n) is 9.17. The van der Waals surface area contributed by atoms with Crippen LogP contribution in [-0.2, 0) is 6.54 Å². The summed E-state index contributed by atoms with van der Waals surface area (Å²) in [5.74, 6) is 1.82. The second-order valence-corrected chi connectivity index (χ2v) is 7.40. The number of likely N-dealkylation sites (tertiary alicyclic amines) is 1. The molecule has 1 fully saturated rings. The molecule has 4 rings (SSSR count). The number of pyridine rings is 1. The Morgan fingerprint density at radius 3 is 3.00 bits per heavy atom. The molecule has 2 aliphatic heterocycles. The Morgan fingerprint density at radius 1 is 1.33 bits per heavy atom. The van der Waals surface area contributed by atoms with Gasteiger partial charge in [-0.05, 0) is 49.1 Å². The van der Waals surface area contributed by atoms with E-state index in [1.165, 1.54) is 0 Å². The van der Waals surface area contributed by atoms with Crippen LogP contribution in [0.5, 0.6) is 11.5 Å². The van der Waals surface area contributed by atoms with Crippen LogP contribution in [0.3, 0.4) is 0 Å². The maximum absolute atomic E-state index is 12.2. The van der Waals surface area contributed by atoms with Gasteiger partial charge in [0.1, 0.15) is 0 Å². The molecule has 1 aromatic heterocycles. The number of hydrogen-bond acceptors (Lipinski definition) is 5. The number of halogens is 1. The van der Waals surface area contributed by atoms with Gasteiger partial charge in [-0.1, -0.05) is 11.6 Å². The van der Waals surface area contributed by atoms with E-state index in [1.54, 1.807) is 24.5 Å². The van der Waals surface area contributed by atoms with Crippen LogP contribution in [-0.4, -0.2) is 42.2 Å². The summed E-state index contributed by atoms with van der Waals surface area (Å²) in [6.45, 7) is 3.63. The molecule has 0 spiro atoms. The Balaban J connectivity index is 1.33. The number of hydrogen-bond donors (Lipinski definition) is 1. The Morgan fingerprint density at radius 2 is 2.19 bits per heavy atom. The van der Waals surface area contributed by atoms with Crippen molar-refractivity contribution in [2.75, 3.05) is 26.4 Å². The van der Waals surface area contributed by atoms with E-state index < -0.39 is 0 Å². The average Bonchev–Trinajstić information content (AvgIpc) is 3.14. The third-order valence-corrected chi connectivity index (χ3v) is 5.37. The first-order valence-corrected chi connectivity index (χ1v) is 9.55. The van der Waals surface area contributed by atoms with Crippen LogP contribution in [0, 0.1) is 5.92 Å². The number of aromatic nitrogens is 1. The van der Waals surface area contributed by atoms with E-state index in [9.17, 15) is 4.79 Å². The van der Waals surface area contributed by atoms with Crippen LogP contribution in [0.15, 0.2) is 36.7 Å². The zero-order valence-corrected chi connectivity index (χ0v) is 15.7. The molecule has 1 N–H and O–H groups in total. The second kappa shape index (κ2) is 8.15. The van der Waals surface area contributed by atoms with E-state index >= 15 is 0 Å². The molecule has 0 saturated carbocycles. The molecule has 1 atom stereocenters. The quantitative estimate of drug-likeness (QED) is 0.854. The zero-order valence-electron chi connectivity index (χ0n) is 15.0. The molecule has 0 bridgehead atoms. The number of carbonyl (C=O) groups is 1. The highest BCUT2D eigenvalue weighted by atomic mass is 35.5. The van der Waals surface area contributed by atoms with E-state index in [4.69, 9.17) is 21.1 Å². The molecule has 1 saturated heterocycles. The lowest BCUT2D eigenvalue weighted by atomic mass is 9.97. The fourth-order valence-electron chi connectivity index (χ4n) is 3.62. The molecule has 7 heteroatoms. The van der Waals surface area contributed by atoms with Crippen LogP contribution in [0.25, 0.3) is 0 Å². The number of nitrogens with zero attached hydrogens (tertiary/aromatic N) is 2. The van der Waals surface area contributed by atoms with Crippen molar-refractivity contribution >= 4 is 17.5 Å². The molecule has 6 nitrogen and oxygen atoms in total. The number of rotatable bonds is 5. The van der Waals surface area contributed by atoms with Crippen molar-refractivity contribution < 1.29 is 14.3 Å². The molecule has 0 unspecified atom stereocenters. The number of carbonyl (C=O) groups excluding carboxylic acids is 1. The molecule has 1 aromatic carbocycles. The van der Waals surface area contributed by atoms with Crippen LogP contribution in [0.2, 0.25) is 5.02 Å². The van der Waals surface area contributed by atoms with Gasteiger partial charge in [0.05, 0.1) is 5.56 Å². The highest BCUT2D eigenvalue weighted by molar-refractivity contribution is 6.31. The van der Waals surface area contributed by atoms with Crippen molar-refractivity contribution in [2.24, 2.45) is 5.92 Å². The summed E-state index contributed by atoms with van der Waals surface area (Å²) in [5, 5.41) is 3.73. The lowest BCUT2D eigenvalue weighted by Gasteiger charge is -2.33. The molecule has 2 aliphatic rings. The van der Waals surface area contributed by atoms with Crippen LogP contribution >= 0.6 is 11.6 Å². The summed E-state index contributed by atoms with van der Waals surface area (Å²) in [5.41, 5.74) is 1.64. The summed E-state index contributed by atoms with van der Waals surface area (Å²) in [7, 11) is 0. The van der Waals surface area contributed by atoms with Gasteiger partial charge < -0.3 is 14.8 Å². The first kappa shape index (κ1) is 18.1. The molecular weight excluding hydrogens is 366 g/mol. The minimum Gasteiger partial charge on any atom is -0.454 e. The largest absolute Gasteiger partial charge is 0.454 e. The number of benzene rings is 1. The predicted octanol–water partition coefficient (Wildman–Crippen LogP) is 3.11. The minimum absolute atomic E-state index is 0.0703. The number of amides is 1. The normalized spacial score (nSPS) is 19.1. The topological polar surface area (TPSA) is 63.7 Å². The molecule has 3 heterocycles. The van der Waals surface area contributed by atoms with Gasteiger partial charge in [-0.15, -0.1) is 0 Å². The summed E-state index contributed by atoms with van der Waals surface area (Å²) in [6, 6.07) is 7.34. The van der Waals surface area contributed by atoms with Gasteiger partial charge in [0.15, 0.2) is 11.5 Å². The van der Waals surface area contributed by atoms with E-state index in [0.29, 0.717) is 28.8 Å². The average molecular weight is 388 g/mol. The Labute approximate surface area is 163 Å². The van der Waals surface area contributed by atoms with Gasteiger partial charge in [-0.25, -0.2) is 0 Å². The van der Waals surface area contributed by atoms with Gasteiger partial charge >= 0.3 is 0 Å². The SMILES string of the molecule is O=C(NC[C@H]1CCCN(Cc2cc3c(cc2Cl)OCO3)C1)c1cccnc1. The number of piperidine rings is 1. The molecule has 0 radical (unpaired) electrons. The van der Waals surface area contributed by atoms with Crippen molar-refractivity contribution in [3.8, 4) is 11.5 Å². The van der Waals surface area contributed by atoms with Crippen molar-refractivity contribution in [1.29, 1.82) is 0 Å². The van der Waals surface area contributed by atoms with Gasteiger partial charge in [0.2, 0.25) is 6.79 Å². The number of ether oxygens (including phenoxy) is 2.